The highest BCUT2D eigenvalue weighted by Crippen LogP contribution is 2.26. The van der Waals surface area contributed by atoms with Gasteiger partial charge in [-0.3, -0.25) is 4.79 Å². The number of anilines is 2. The normalized spacial score (nSPS) is 11.6. The Kier molecular flexibility index (Phi) is 5.63. The molecule has 2 N–H and O–H groups in total. The van der Waals surface area contributed by atoms with Crippen LogP contribution in [-0.2, 0) is 14.3 Å². The van der Waals surface area contributed by atoms with Crippen LogP contribution in [0.25, 0.3) is 0 Å². The summed E-state index contributed by atoms with van der Waals surface area (Å²) in [6.45, 7) is 3.29. The molecule has 0 aliphatic carbocycles. The summed E-state index contributed by atoms with van der Waals surface area (Å²) < 4.78 is 4.69. The molecule has 0 aromatic heterocycles. The molecule has 0 spiro atoms. The maximum Gasteiger partial charge on any atom is 0.328 e. The predicted octanol–water partition coefficient (Wildman–Crippen LogP) is 2.66. The fourth-order valence-electron chi connectivity index (χ4n) is 1.57. The van der Waals surface area contributed by atoms with Crippen LogP contribution < -0.4 is 10.6 Å². The van der Waals surface area contributed by atoms with Crippen LogP contribution in [0.2, 0.25) is 5.02 Å². The van der Waals surface area contributed by atoms with Gasteiger partial charge in [0.25, 0.3) is 0 Å². The van der Waals surface area contributed by atoms with Crippen LogP contribution in [0.5, 0.6) is 0 Å². The Morgan fingerprint density at radius 1 is 1.42 bits per heavy atom. The van der Waals surface area contributed by atoms with Crippen LogP contribution in [0, 0.1) is 0 Å². The first-order valence-electron chi connectivity index (χ1n) is 5.89. The van der Waals surface area contributed by atoms with Crippen molar-refractivity contribution < 1.29 is 14.3 Å². The number of carbonyl (C=O) groups is 2. The average molecular weight is 285 g/mol. The van der Waals surface area contributed by atoms with Crippen LogP contribution in [0.4, 0.5) is 11.4 Å². The first-order valence-corrected chi connectivity index (χ1v) is 6.27. The standard InChI is InChI=1S/C13H17ClN2O3/c1-4-11(13(18)19-3)16-9-5-6-12(10(14)7-9)15-8(2)17/h5-7,11,16H,4H2,1-3H3,(H,15,17). The molecular weight excluding hydrogens is 268 g/mol. The molecule has 0 bridgehead atoms. The maximum atomic E-state index is 11.5. The van der Waals surface area contributed by atoms with Crippen molar-refractivity contribution in [1.82, 2.24) is 0 Å². The molecule has 1 unspecified atom stereocenters. The van der Waals surface area contributed by atoms with E-state index in [1.54, 1.807) is 18.2 Å². The van der Waals surface area contributed by atoms with Gasteiger partial charge in [0, 0.05) is 12.6 Å². The molecule has 6 heteroatoms. The lowest BCUT2D eigenvalue weighted by Crippen LogP contribution is -2.29. The summed E-state index contributed by atoms with van der Waals surface area (Å²) in [7, 11) is 1.35. The van der Waals surface area contributed by atoms with E-state index in [-0.39, 0.29) is 11.9 Å². The Bertz CT molecular complexity index is 477. The van der Waals surface area contributed by atoms with Crippen LogP contribution in [-0.4, -0.2) is 25.0 Å². The van der Waals surface area contributed by atoms with Crippen LogP contribution in [0.1, 0.15) is 20.3 Å². The van der Waals surface area contributed by atoms with Crippen molar-refractivity contribution >= 4 is 34.9 Å². The Hall–Kier alpha value is -1.75. The smallest absolute Gasteiger partial charge is 0.328 e. The number of benzene rings is 1. The van der Waals surface area contributed by atoms with Gasteiger partial charge in [0.05, 0.1) is 17.8 Å². The summed E-state index contributed by atoms with van der Waals surface area (Å²) in [6, 6.07) is 4.64. The molecule has 104 valence electrons. The van der Waals surface area contributed by atoms with Crippen LogP contribution >= 0.6 is 11.6 Å². The van der Waals surface area contributed by atoms with Gasteiger partial charge in [0.15, 0.2) is 0 Å². The summed E-state index contributed by atoms with van der Waals surface area (Å²) in [5.74, 6) is -0.520. The minimum atomic E-state index is -0.423. The predicted molar refractivity (Wildman–Crippen MR) is 75.5 cm³/mol. The van der Waals surface area contributed by atoms with E-state index in [1.165, 1.54) is 14.0 Å². The Labute approximate surface area is 117 Å². The number of ether oxygens (including phenoxy) is 1. The quantitative estimate of drug-likeness (QED) is 0.816. The molecule has 1 aromatic carbocycles. The summed E-state index contributed by atoms with van der Waals surface area (Å²) in [4.78, 5) is 22.4. The van der Waals surface area contributed by atoms with Gasteiger partial charge in [-0.05, 0) is 24.6 Å². The fourth-order valence-corrected chi connectivity index (χ4v) is 1.79. The number of amides is 1. The monoisotopic (exact) mass is 284 g/mol. The lowest BCUT2D eigenvalue weighted by molar-refractivity contribution is -0.141. The fraction of sp³-hybridized carbons (Fsp3) is 0.385. The highest BCUT2D eigenvalue weighted by atomic mass is 35.5. The molecule has 0 heterocycles. The number of methoxy groups -OCH3 is 1. The maximum absolute atomic E-state index is 11.5. The molecule has 1 atom stereocenters. The van der Waals surface area contributed by atoms with E-state index >= 15 is 0 Å². The molecular formula is C13H17ClN2O3. The lowest BCUT2D eigenvalue weighted by atomic mass is 10.2. The van der Waals surface area contributed by atoms with Crippen molar-refractivity contribution in [2.24, 2.45) is 0 Å². The summed E-state index contributed by atoms with van der Waals surface area (Å²) >= 11 is 6.04. The third-order valence-corrected chi connectivity index (χ3v) is 2.83. The van der Waals surface area contributed by atoms with Crippen molar-refractivity contribution in [3.8, 4) is 0 Å². The topological polar surface area (TPSA) is 67.4 Å². The van der Waals surface area contributed by atoms with Crippen molar-refractivity contribution in [2.45, 2.75) is 26.3 Å². The molecule has 0 aliphatic rings. The van der Waals surface area contributed by atoms with E-state index in [4.69, 9.17) is 16.3 Å². The van der Waals surface area contributed by atoms with E-state index in [0.29, 0.717) is 22.8 Å². The summed E-state index contributed by atoms with van der Waals surface area (Å²) in [5.41, 5.74) is 1.22. The SMILES string of the molecule is CCC(Nc1ccc(NC(C)=O)c(Cl)c1)C(=O)OC. The highest BCUT2D eigenvalue weighted by Gasteiger charge is 2.16. The third-order valence-electron chi connectivity index (χ3n) is 2.51. The number of nitrogens with one attached hydrogen (secondary N) is 2. The zero-order valence-electron chi connectivity index (χ0n) is 11.1. The van der Waals surface area contributed by atoms with Gasteiger partial charge in [-0.2, -0.15) is 0 Å². The molecule has 5 nitrogen and oxygen atoms in total. The molecule has 0 radical (unpaired) electrons. The molecule has 1 aromatic rings. The second kappa shape index (κ2) is 6.99. The Morgan fingerprint density at radius 2 is 2.11 bits per heavy atom. The van der Waals surface area contributed by atoms with Gasteiger partial charge in [0.2, 0.25) is 5.91 Å². The highest BCUT2D eigenvalue weighted by molar-refractivity contribution is 6.34. The van der Waals surface area contributed by atoms with Crippen LogP contribution in [0.15, 0.2) is 18.2 Å². The van der Waals surface area contributed by atoms with Crippen molar-refractivity contribution in [3.63, 3.8) is 0 Å². The number of esters is 1. The molecule has 0 saturated heterocycles. The van der Waals surface area contributed by atoms with E-state index in [1.807, 2.05) is 6.92 Å². The van der Waals surface area contributed by atoms with Gasteiger partial charge in [-0.25, -0.2) is 4.79 Å². The number of carbonyl (C=O) groups excluding carboxylic acids is 2. The minimum Gasteiger partial charge on any atom is -0.467 e. The molecule has 0 fully saturated rings. The lowest BCUT2D eigenvalue weighted by Gasteiger charge is -2.16. The van der Waals surface area contributed by atoms with Gasteiger partial charge in [-0.15, -0.1) is 0 Å². The van der Waals surface area contributed by atoms with E-state index < -0.39 is 6.04 Å². The van der Waals surface area contributed by atoms with E-state index in [2.05, 4.69) is 10.6 Å². The third kappa shape index (κ3) is 4.44. The molecule has 0 aliphatic heterocycles. The summed E-state index contributed by atoms with van der Waals surface area (Å²) in [5, 5.41) is 6.04. The van der Waals surface area contributed by atoms with Gasteiger partial charge < -0.3 is 15.4 Å². The number of hydrogen-bond donors (Lipinski definition) is 2. The van der Waals surface area contributed by atoms with Crippen molar-refractivity contribution in [2.75, 3.05) is 17.7 Å². The zero-order chi connectivity index (χ0) is 14.4. The number of hydrogen-bond acceptors (Lipinski definition) is 4. The van der Waals surface area contributed by atoms with E-state index in [9.17, 15) is 9.59 Å². The second-order valence-electron chi connectivity index (χ2n) is 4.00. The molecule has 19 heavy (non-hydrogen) atoms. The summed E-state index contributed by atoms with van der Waals surface area (Å²) in [6.07, 6.45) is 0.595. The zero-order valence-corrected chi connectivity index (χ0v) is 11.9. The first-order chi connectivity index (χ1) is 8.97. The molecule has 1 rings (SSSR count). The number of rotatable bonds is 5. The molecule has 0 saturated carbocycles. The van der Waals surface area contributed by atoms with Crippen molar-refractivity contribution in [1.29, 1.82) is 0 Å². The van der Waals surface area contributed by atoms with Gasteiger partial charge in [0.1, 0.15) is 6.04 Å². The van der Waals surface area contributed by atoms with Crippen molar-refractivity contribution in [3.05, 3.63) is 23.2 Å². The first kappa shape index (κ1) is 15.3. The van der Waals surface area contributed by atoms with Gasteiger partial charge >= 0.3 is 5.97 Å². The Balaban J connectivity index is 2.83. The minimum absolute atomic E-state index is 0.191. The van der Waals surface area contributed by atoms with E-state index in [0.717, 1.165) is 0 Å². The second-order valence-corrected chi connectivity index (χ2v) is 4.41. The molecule has 1 amide bonds. The van der Waals surface area contributed by atoms with Gasteiger partial charge in [-0.1, -0.05) is 18.5 Å². The average Bonchev–Trinajstić information content (AvgIpc) is 2.37. The largest absolute Gasteiger partial charge is 0.467 e. The van der Waals surface area contributed by atoms with Crippen LogP contribution in [0.3, 0.4) is 0 Å². The Morgan fingerprint density at radius 3 is 2.58 bits per heavy atom. The number of halogens is 1.